The maximum Gasteiger partial charge on any atom is 0.417 e. The molecule has 2 fully saturated rings. The van der Waals surface area contributed by atoms with Crippen LogP contribution in [0.2, 0.25) is 0 Å². The minimum Gasteiger partial charge on any atom is -0.491 e. The fourth-order valence-corrected chi connectivity index (χ4v) is 2.97. The second kappa shape index (κ2) is 7.52. The number of nitrogens with zero attached hydrogens (tertiary/aromatic N) is 2. The molecule has 2 heterocycles. The summed E-state index contributed by atoms with van der Waals surface area (Å²) in [7, 11) is 1.60. The number of hydrogen-bond donors (Lipinski definition) is 0. The lowest BCUT2D eigenvalue weighted by Crippen LogP contribution is -2.42. The summed E-state index contributed by atoms with van der Waals surface area (Å²) in [5.74, 6) is 0.186. The highest BCUT2D eigenvalue weighted by Gasteiger charge is 2.41. The van der Waals surface area contributed by atoms with E-state index in [1.165, 1.54) is 0 Å². The van der Waals surface area contributed by atoms with Crippen LogP contribution in [0.3, 0.4) is 0 Å². The van der Waals surface area contributed by atoms with Crippen LogP contribution in [0.1, 0.15) is 16.8 Å². The Morgan fingerprint density at radius 1 is 1.24 bits per heavy atom. The van der Waals surface area contributed by atoms with Gasteiger partial charge in [-0.15, -0.1) is 0 Å². The predicted octanol–water partition coefficient (Wildman–Crippen LogP) is 0.905. The Kier molecular flexibility index (Phi) is 5.18. The van der Waals surface area contributed by atoms with Gasteiger partial charge in [-0.05, 0) is 30.7 Å². The van der Waals surface area contributed by atoms with Crippen LogP contribution < -0.4 is 4.74 Å². The van der Waals surface area contributed by atoms with Crippen LogP contribution >= 0.6 is 0 Å². The van der Waals surface area contributed by atoms with E-state index in [0.717, 1.165) is 4.90 Å². The number of likely N-dealkylation sites (tertiary alicyclic amines) is 1. The van der Waals surface area contributed by atoms with Gasteiger partial charge >= 0.3 is 6.09 Å². The van der Waals surface area contributed by atoms with E-state index in [1.54, 1.807) is 36.3 Å². The molecule has 0 radical (unpaired) electrons. The zero-order valence-corrected chi connectivity index (χ0v) is 14.0. The van der Waals surface area contributed by atoms with E-state index in [-0.39, 0.29) is 24.5 Å². The monoisotopic (exact) mass is 348 g/mol. The lowest BCUT2D eigenvalue weighted by molar-refractivity contribution is -0.127. The van der Waals surface area contributed by atoms with Crippen LogP contribution in [0.5, 0.6) is 5.75 Å². The van der Waals surface area contributed by atoms with Crippen LogP contribution in [0, 0.1) is 0 Å². The molecule has 0 saturated carbocycles. The molecule has 1 aromatic carbocycles. The van der Waals surface area contributed by atoms with Gasteiger partial charge < -0.3 is 19.1 Å². The van der Waals surface area contributed by atoms with Crippen molar-refractivity contribution in [1.29, 1.82) is 0 Å². The average molecular weight is 348 g/mol. The predicted molar refractivity (Wildman–Crippen MR) is 86.3 cm³/mol. The summed E-state index contributed by atoms with van der Waals surface area (Å²) in [5, 5.41) is 0. The number of amides is 3. The maximum absolute atomic E-state index is 12.6. The molecule has 2 aliphatic heterocycles. The van der Waals surface area contributed by atoms with Crippen molar-refractivity contribution >= 4 is 17.9 Å². The Balaban J connectivity index is 1.58. The molecule has 0 aromatic heterocycles. The smallest absolute Gasteiger partial charge is 0.417 e. The van der Waals surface area contributed by atoms with Crippen LogP contribution in [0.4, 0.5) is 4.79 Å². The molecule has 134 valence electrons. The number of benzene rings is 1. The maximum atomic E-state index is 12.6. The zero-order chi connectivity index (χ0) is 17.8. The minimum absolute atomic E-state index is 0.133. The lowest BCUT2D eigenvalue weighted by atomic mass is 10.2. The van der Waals surface area contributed by atoms with E-state index in [2.05, 4.69) is 0 Å². The summed E-state index contributed by atoms with van der Waals surface area (Å²) in [6, 6.07) is 6.55. The van der Waals surface area contributed by atoms with E-state index in [1.807, 2.05) is 0 Å². The molecule has 2 aliphatic rings. The van der Waals surface area contributed by atoms with Crippen LogP contribution in [0.25, 0.3) is 0 Å². The fourth-order valence-electron chi connectivity index (χ4n) is 2.97. The van der Waals surface area contributed by atoms with Gasteiger partial charge in [0.2, 0.25) is 0 Å². The molecule has 25 heavy (non-hydrogen) atoms. The van der Waals surface area contributed by atoms with Crippen molar-refractivity contribution in [2.24, 2.45) is 0 Å². The molecule has 0 aliphatic carbocycles. The molecule has 0 spiro atoms. The van der Waals surface area contributed by atoms with Gasteiger partial charge in [0.05, 0.1) is 12.6 Å². The third-order valence-corrected chi connectivity index (χ3v) is 4.26. The third kappa shape index (κ3) is 3.74. The zero-order valence-electron chi connectivity index (χ0n) is 14.0. The third-order valence-electron chi connectivity index (χ3n) is 4.26. The second-order valence-electron chi connectivity index (χ2n) is 5.88. The van der Waals surface area contributed by atoms with E-state index in [0.29, 0.717) is 44.0 Å². The van der Waals surface area contributed by atoms with Crippen molar-refractivity contribution < 1.29 is 28.6 Å². The fraction of sp³-hybridized carbons (Fsp3) is 0.471. The van der Waals surface area contributed by atoms with E-state index >= 15 is 0 Å². The Morgan fingerprint density at radius 3 is 2.64 bits per heavy atom. The highest BCUT2D eigenvalue weighted by Crippen LogP contribution is 2.22. The number of carbonyl (C=O) groups excluding carboxylic acids is 3. The molecular formula is C17H20N2O6. The van der Waals surface area contributed by atoms with Gasteiger partial charge in [0.25, 0.3) is 11.8 Å². The first kappa shape index (κ1) is 17.2. The number of hydrogen-bond acceptors (Lipinski definition) is 6. The van der Waals surface area contributed by atoms with Crippen molar-refractivity contribution in [3.8, 4) is 5.75 Å². The van der Waals surface area contributed by atoms with Gasteiger partial charge in [0.1, 0.15) is 12.4 Å². The summed E-state index contributed by atoms with van der Waals surface area (Å²) < 4.78 is 15.1. The molecule has 3 amide bonds. The van der Waals surface area contributed by atoms with Crippen LogP contribution in [-0.2, 0) is 14.3 Å². The van der Waals surface area contributed by atoms with E-state index < -0.39 is 6.09 Å². The number of carbonyl (C=O) groups is 3. The Hall–Kier alpha value is -2.61. The first-order valence-corrected chi connectivity index (χ1v) is 8.10. The topological polar surface area (TPSA) is 85.4 Å². The summed E-state index contributed by atoms with van der Waals surface area (Å²) in [6.07, 6.45) is -0.0630. The quantitative estimate of drug-likeness (QED) is 0.710. The molecule has 8 nitrogen and oxygen atoms in total. The Morgan fingerprint density at radius 2 is 2.00 bits per heavy atom. The number of ether oxygens (including phenoxy) is 3. The number of rotatable bonds is 6. The van der Waals surface area contributed by atoms with Crippen molar-refractivity contribution in [2.75, 3.05) is 40.0 Å². The molecule has 1 atom stereocenters. The summed E-state index contributed by atoms with van der Waals surface area (Å²) in [4.78, 5) is 38.7. The van der Waals surface area contributed by atoms with Gasteiger partial charge in [0, 0.05) is 25.8 Å². The molecule has 0 bridgehead atoms. The van der Waals surface area contributed by atoms with Crippen LogP contribution in [0.15, 0.2) is 24.3 Å². The van der Waals surface area contributed by atoms with Crippen LogP contribution in [-0.4, -0.2) is 73.8 Å². The highest BCUT2D eigenvalue weighted by atomic mass is 16.6. The first-order chi connectivity index (χ1) is 12.1. The van der Waals surface area contributed by atoms with Crippen molar-refractivity contribution in [1.82, 2.24) is 9.80 Å². The highest BCUT2D eigenvalue weighted by molar-refractivity contribution is 5.98. The molecule has 1 unspecified atom stereocenters. The number of imide groups is 1. The number of cyclic esters (lactones) is 1. The largest absolute Gasteiger partial charge is 0.491 e. The Labute approximate surface area is 145 Å². The van der Waals surface area contributed by atoms with E-state index in [4.69, 9.17) is 14.2 Å². The van der Waals surface area contributed by atoms with Crippen molar-refractivity contribution in [3.05, 3.63) is 29.8 Å². The first-order valence-electron chi connectivity index (χ1n) is 8.10. The Bertz CT molecular complexity index is 644. The lowest BCUT2D eigenvalue weighted by Gasteiger charge is -2.20. The van der Waals surface area contributed by atoms with Gasteiger partial charge in [-0.3, -0.25) is 9.59 Å². The van der Waals surface area contributed by atoms with E-state index in [9.17, 15) is 14.4 Å². The second-order valence-corrected chi connectivity index (χ2v) is 5.88. The normalized spacial score (nSPS) is 20.1. The molecule has 3 rings (SSSR count). The summed E-state index contributed by atoms with van der Waals surface area (Å²) >= 11 is 0. The van der Waals surface area contributed by atoms with Crippen molar-refractivity contribution in [3.63, 3.8) is 0 Å². The summed E-state index contributed by atoms with van der Waals surface area (Å²) in [5.41, 5.74) is 0.537. The molecular weight excluding hydrogens is 328 g/mol. The van der Waals surface area contributed by atoms with Gasteiger partial charge in [-0.2, -0.15) is 0 Å². The minimum atomic E-state index is -0.623. The number of methoxy groups -OCH3 is 1. The molecule has 8 heteroatoms. The molecule has 0 N–H and O–H groups in total. The van der Waals surface area contributed by atoms with Gasteiger partial charge in [0.15, 0.2) is 6.61 Å². The van der Waals surface area contributed by atoms with Crippen molar-refractivity contribution in [2.45, 2.75) is 12.5 Å². The average Bonchev–Trinajstić information content (AvgIpc) is 3.22. The SMILES string of the molecule is COCCOc1ccc(C(=O)N2CCC(N3C(=O)COC3=O)C2)cc1. The molecule has 2 saturated heterocycles. The molecule has 1 aromatic rings. The van der Waals surface area contributed by atoms with Gasteiger partial charge in [-0.25, -0.2) is 9.69 Å². The van der Waals surface area contributed by atoms with Gasteiger partial charge in [-0.1, -0.05) is 0 Å². The summed E-state index contributed by atoms with van der Waals surface area (Å²) in [6.45, 7) is 1.54. The standard InChI is InChI=1S/C17H20N2O6/c1-23-8-9-24-14-4-2-12(3-5-14)16(21)18-7-6-13(10-18)19-15(20)11-25-17(19)22/h2-5,13H,6-11H2,1H3.